The van der Waals surface area contributed by atoms with E-state index < -0.39 is 0 Å². The van der Waals surface area contributed by atoms with Gasteiger partial charge < -0.3 is 14.5 Å². The average Bonchev–Trinajstić information content (AvgIpc) is 2.88. The lowest BCUT2D eigenvalue weighted by Gasteiger charge is -2.28. The molecule has 2 heterocycles. The van der Waals surface area contributed by atoms with Gasteiger partial charge in [-0.2, -0.15) is 0 Å². The minimum Gasteiger partial charge on any atom is -0.457 e. The molecule has 2 aliphatic heterocycles. The van der Waals surface area contributed by atoms with E-state index in [-0.39, 0.29) is 0 Å². The lowest BCUT2D eigenvalue weighted by atomic mass is 10.1. The van der Waals surface area contributed by atoms with Crippen LogP contribution in [0.25, 0.3) is 0 Å². The van der Waals surface area contributed by atoms with Crippen LogP contribution >= 0.6 is 67.6 Å². The summed E-state index contributed by atoms with van der Waals surface area (Å²) < 4.78 is 8.02. The standard InChI is InChI=1S/C24H28N2OS6/c28-23(25-15-3-1-4-16-25)32-30-21-11-7-19(8-12-21)27-20-9-13-22(14-10-20)31-33-24(29)26-17-5-2-6-18-26/h7-14H,1-6,15-18H2. The van der Waals surface area contributed by atoms with Crippen LogP contribution in [0.2, 0.25) is 0 Å². The zero-order valence-electron chi connectivity index (χ0n) is 18.4. The molecule has 0 atom stereocenters. The summed E-state index contributed by atoms with van der Waals surface area (Å²) in [6, 6.07) is 16.4. The van der Waals surface area contributed by atoms with Crippen LogP contribution in [0.1, 0.15) is 38.5 Å². The van der Waals surface area contributed by atoms with Crippen molar-refractivity contribution in [2.24, 2.45) is 0 Å². The second-order valence-corrected chi connectivity index (χ2v) is 13.7. The summed E-state index contributed by atoms with van der Waals surface area (Å²) in [5.41, 5.74) is 0. The highest BCUT2D eigenvalue weighted by molar-refractivity contribution is 8.84. The Bertz CT molecular complexity index is 834. The molecule has 0 radical (unpaired) electrons. The number of benzene rings is 2. The Morgan fingerprint density at radius 1 is 0.576 bits per heavy atom. The molecular weight excluding hydrogens is 525 g/mol. The highest BCUT2D eigenvalue weighted by atomic mass is 33.1. The summed E-state index contributed by atoms with van der Waals surface area (Å²) in [6.07, 6.45) is 7.66. The number of likely N-dealkylation sites (tertiary alicyclic amines) is 2. The van der Waals surface area contributed by atoms with Gasteiger partial charge in [-0.15, -0.1) is 0 Å². The first-order chi connectivity index (χ1) is 16.2. The largest absolute Gasteiger partial charge is 0.457 e. The first kappa shape index (κ1) is 25.5. The molecular formula is C24H28N2OS6. The van der Waals surface area contributed by atoms with E-state index in [0.717, 1.165) is 46.3 Å². The van der Waals surface area contributed by atoms with E-state index in [1.807, 2.05) is 24.3 Å². The number of thiocarbonyl (C=S) groups is 2. The van der Waals surface area contributed by atoms with Crippen LogP contribution in [-0.2, 0) is 0 Å². The lowest BCUT2D eigenvalue weighted by Crippen LogP contribution is -2.32. The summed E-state index contributed by atoms with van der Waals surface area (Å²) in [4.78, 5) is 7.02. The van der Waals surface area contributed by atoms with Gasteiger partial charge in [-0.1, -0.05) is 46.0 Å². The van der Waals surface area contributed by atoms with Crippen molar-refractivity contribution < 1.29 is 4.74 Å². The molecule has 0 unspecified atom stereocenters. The Balaban J connectivity index is 1.21. The number of piperidine rings is 2. The lowest BCUT2D eigenvalue weighted by molar-refractivity contribution is 0.352. The van der Waals surface area contributed by atoms with E-state index >= 15 is 0 Å². The summed E-state index contributed by atoms with van der Waals surface area (Å²) >= 11 is 11.2. The number of hydrogen-bond acceptors (Lipinski definition) is 7. The molecule has 0 N–H and O–H groups in total. The van der Waals surface area contributed by atoms with Crippen molar-refractivity contribution in [3.05, 3.63) is 48.5 Å². The van der Waals surface area contributed by atoms with E-state index in [4.69, 9.17) is 29.2 Å². The third-order valence-corrected chi connectivity index (χ3v) is 11.7. The molecule has 0 saturated carbocycles. The molecule has 0 aromatic heterocycles. The fraction of sp³-hybridized carbons (Fsp3) is 0.417. The molecule has 0 aliphatic carbocycles. The van der Waals surface area contributed by atoms with Crippen LogP contribution in [0.15, 0.2) is 58.3 Å². The van der Waals surface area contributed by atoms with E-state index in [2.05, 4.69) is 34.1 Å². The monoisotopic (exact) mass is 552 g/mol. The predicted molar refractivity (Wildman–Crippen MR) is 156 cm³/mol. The van der Waals surface area contributed by atoms with Crippen molar-refractivity contribution in [3.63, 3.8) is 0 Å². The van der Waals surface area contributed by atoms with Crippen molar-refractivity contribution in [3.8, 4) is 11.5 Å². The predicted octanol–water partition coefficient (Wildman–Crippen LogP) is 8.50. The summed E-state index contributed by atoms with van der Waals surface area (Å²) in [6.45, 7) is 4.39. The topological polar surface area (TPSA) is 15.7 Å². The molecule has 2 aromatic rings. The number of rotatable bonds is 6. The molecule has 2 aromatic carbocycles. The Kier molecular flexibility index (Phi) is 10.4. The van der Waals surface area contributed by atoms with Crippen molar-refractivity contribution in [1.82, 2.24) is 9.80 Å². The summed E-state index contributed by atoms with van der Waals surface area (Å²) in [5.74, 6) is 1.67. The molecule has 3 nitrogen and oxygen atoms in total. The fourth-order valence-electron chi connectivity index (χ4n) is 3.69. The summed E-state index contributed by atoms with van der Waals surface area (Å²) in [7, 11) is 6.79. The van der Waals surface area contributed by atoms with Gasteiger partial charge in [-0.05, 0) is 109 Å². The second kappa shape index (κ2) is 13.5. The zero-order valence-corrected chi connectivity index (χ0v) is 23.3. The first-order valence-corrected chi connectivity index (χ1v) is 16.4. The first-order valence-electron chi connectivity index (χ1n) is 11.3. The van der Waals surface area contributed by atoms with Gasteiger partial charge in [-0.25, -0.2) is 0 Å². The zero-order chi connectivity index (χ0) is 22.9. The Morgan fingerprint density at radius 2 is 0.939 bits per heavy atom. The third-order valence-electron chi connectivity index (χ3n) is 5.53. The van der Waals surface area contributed by atoms with Crippen LogP contribution in [0.4, 0.5) is 0 Å². The van der Waals surface area contributed by atoms with Gasteiger partial charge in [0.1, 0.15) is 20.1 Å². The van der Waals surface area contributed by atoms with Crippen molar-refractivity contribution in [2.75, 3.05) is 26.2 Å². The van der Waals surface area contributed by atoms with Crippen LogP contribution in [0.5, 0.6) is 11.5 Å². The molecule has 0 amide bonds. The smallest absolute Gasteiger partial charge is 0.147 e. The van der Waals surface area contributed by atoms with Gasteiger partial charge in [0.05, 0.1) is 0 Å². The summed E-state index contributed by atoms with van der Waals surface area (Å²) in [5, 5.41) is 0. The Labute approximate surface area is 223 Å². The minimum absolute atomic E-state index is 0.837. The number of hydrogen-bond donors (Lipinski definition) is 0. The van der Waals surface area contributed by atoms with E-state index in [0.29, 0.717) is 0 Å². The van der Waals surface area contributed by atoms with Crippen molar-refractivity contribution in [1.29, 1.82) is 0 Å². The van der Waals surface area contributed by atoms with Gasteiger partial charge in [0.15, 0.2) is 0 Å². The van der Waals surface area contributed by atoms with Crippen LogP contribution in [0, 0.1) is 0 Å². The molecule has 0 bridgehead atoms. The van der Waals surface area contributed by atoms with Gasteiger partial charge in [0.25, 0.3) is 0 Å². The van der Waals surface area contributed by atoms with Crippen LogP contribution < -0.4 is 4.74 Å². The van der Waals surface area contributed by atoms with Gasteiger partial charge in [0.2, 0.25) is 0 Å². The molecule has 4 rings (SSSR count). The van der Waals surface area contributed by atoms with Gasteiger partial charge in [0, 0.05) is 36.0 Å². The molecule has 9 heteroatoms. The maximum atomic E-state index is 6.03. The quantitative estimate of drug-likeness (QED) is 0.257. The van der Waals surface area contributed by atoms with Crippen molar-refractivity contribution >= 4 is 76.3 Å². The van der Waals surface area contributed by atoms with Gasteiger partial charge >= 0.3 is 0 Å². The maximum absolute atomic E-state index is 6.03. The highest BCUT2D eigenvalue weighted by Crippen LogP contribution is 2.37. The molecule has 2 aliphatic rings. The Morgan fingerprint density at radius 3 is 1.30 bits per heavy atom. The van der Waals surface area contributed by atoms with Crippen LogP contribution in [-0.4, -0.2) is 44.6 Å². The highest BCUT2D eigenvalue weighted by Gasteiger charge is 2.15. The minimum atomic E-state index is 0.837. The number of ether oxygens (including phenoxy) is 1. The van der Waals surface area contributed by atoms with Crippen molar-refractivity contribution in [2.45, 2.75) is 48.3 Å². The molecule has 2 fully saturated rings. The molecule has 2 saturated heterocycles. The van der Waals surface area contributed by atoms with E-state index in [9.17, 15) is 0 Å². The average molecular weight is 553 g/mol. The Hall–Kier alpha value is -0.580. The molecule has 33 heavy (non-hydrogen) atoms. The van der Waals surface area contributed by atoms with Crippen LogP contribution in [0.3, 0.4) is 0 Å². The molecule has 0 spiro atoms. The van der Waals surface area contributed by atoms with E-state index in [1.165, 1.54) is 48.3 Å². The fourth-order valence-corrected chi connectivity index (χ4v) is 8.38. The van der Waals surface area contributed by atoms with E-state index in [1.54, 1.807) is 43.2 Å². The maximum Gasteiger partial charge on any atom is 0.147 e. The number of nitrogens with zero attached hydrogens (tertiary/aromatic N) is 2. The SMILES string of the molecule is S=C(SSc1ccc(Oc2ccc(SSC(=S)N3CCCCC3)cc2)cc1)N1CCCCC1. The van der Waals surface area contributed by atoms with Gasteiger partial charge in [-0.3, -0.25) is 0 Å². The normalized spacial score (nSPS) is 16.5. The molecule has 176 valence electrons. The second-order valence-electron chi connectivity index (χ2n) is 8.01. The third kappa shape index (κ3) is 8.25.